The highest BCUT2D eigenvalue weighted by Gasteiger charge is 2.15. The van der Waals surface area contributed by atoms with E-state index in [2.05, 4.69) is 33.5 Å². The van der Waals surface area contributed by atoms with Gasteiger partial charge in [0.25, 0.3) is 11.8 Å². The van der Waals surface area contributed by atoms with E-state index >= 15 is 0 Å². The van der Waals surface area contributed by atoms with Gasteiger partial charge in [-0.2, -0.15) is 0 Å². The van der Waals surface area contributed by atoms with Crippen LogP contribution in [-0.2, 0) is 9.59 Å². The van der Waals surface area contributed by atoms with Gasteiger partial charge in [0, 0.05) is 58.9 Å². The molecule has 0 unspecified atom stereocenters. The van der Waals surface area contributed by atoms with Crippen LogP contribution >= 0.6 is 46.4 Å². The Balaban J connectivity index is 0.000000199. The highest BCUT2D eigenvalue weighted by Crippen LogP contribution is 2.30. The molecule has 7 rings (SSSR count). The normalized spacial score (nSPS) is 12.4. The van der Waals surface area contributed by atoms with Gasteiger partial charge in [-0.25, -0.2) is 9.97 Å². The van der Waals surface area contributed by atoms with E-state index in [0.717, 1.165) is 57.7 Å². The van der Waals surface area contributed by atoms with Crippen LogP contribution in [0.25, 0.3) is 21.8 Å². The number of aliphatic hydroxyl groups is 1. The van der Waals surface area contributed by atoms with Crippen LogP contribution in [0.3, 0.4) is 0 Å². The Kier molecular flexibility index (Phi) is 15.0. The lowest BCUT2D eigenvalue weighted by Gasteiger charge is -2.28. The van der Waals surface area contributed by atoms with Crippen molar-refractivity contribution in [3.63, 3.8) is 0 Å². The summed E-state index contributed by atoms with van der Waals surface area (Å²) < 4.78 is 11.0. The first-order chi connectivity index (χ1) is 28.4. The Morgan fingerprint density at radius 2 is 1.20 bits per heavy atom. The van der Waals surface area contributed by atoms with Gasteiger partial charge in [0.1, 0.15) is 23.1 Å². The maximum atomic E-state index is 12.3. The smallest absolute Gasteiger partial charge is 0.262 e. The molecule has 15 heteroatoms. The molecular weight excluding hydrogens is 834 g/mol. The molecule has 1 aliphatic rings. The van der Waals surface area contributed by atoms with Crippen molar-refractivity contribution in [3.05, 3.63) is 116 Å². The number of nitrogens with one attached hydrogen (secondary N) is 2. The van der Waals surface area contributed by atoms with Crippen LogP contribution in [0.5, 0.6) is 11.5 Å². The monoisotopic (exact) mass is 876 g/mol. The zero-order valence-electron chi connectivity index (χ0n) is 32.8. The van der Waals surface area contributed by atoms with Crippen LogP contribution in [0.1, 0.15) is 30.4 Å². The van der Waals surface area contributed by atoms with Crippen molar-refractivity contribution in [2.24, 2.45) is 0 Å². The topological polar surface area (TPSA) is 129 Å². The molecule has 0 radical (unpaired) electrons. The van der Waals surface area contributed by atoms with Crippen molar-refractivity contribution in [2.75, 3.05) is 66.9 Å². The summed E-state index contributed by atoms with van der Waals surface area (Å²) in [6.07, 6.45) is 3.72. The van der Waals surface area contributed by atoms with E-state index in [1.807, 2.05) is 55.3 Å². The second kappa shape index (κ2) is 20.3. The Bertz CT molecular complexity index is 2460. The van der Waals surface area contributed by atoms with Gasteiger partial charge in [-0.1, -0.05) is 46.4 Å². The van der Waals surface area contributed by atoms with Crippen LogP contribution in [-0.4, -0.2) is 73.4 Å². The molecule has 0 aliphatic carbocycles. The number of nitrogens with zero attached hydrogens (tertiary/aromatic N) is 4. The summed E-state index contributed by atoms with van der Waals surface area (Å²) in [7, 11) is 1.88. The number of hydrogen-bond acceptors (Lipinski definition) is 9. The van der Waals surface area contributed by atoms with Crippen molar-refractivity contribution >= 4 is 103 Å². The fraction of sp³-hybridized carbons (Fsp3) is 0.273. The average Bonchev–Trinajstić information content (AvgIpc) is 3.21. The Morgan fingerprint density at radius 1 is 0.695 bits per heavy atom. The van der Waals surface area contributed by atoms with E-state index < -0.39 is 0 Å². The van der Waals surface area contributed by atoms with Gasteiger partial charge in [-0.15, -0.1) is 0 Å². The summed E-state index contributed by atoms with van der Waals surface area (Å²) in [6, 6.07) is 25.1. The second-order valence-electron chi connectivity index (χ2n) is 14.1. The van der Waals surface area contributed by atoms with Crippen LogP contribution in [0, 0.1) is 13.8 Å². The van der Waals surface area contributed by atoms with Gasteiger partial charge in [0.15, 0.2) is 13.2 Å². The number of hydrogen-bond donors (Lipinski definition) is 3. The van der Waals surface area contributed by atoms with E-state index in [0.29, 0.717) is 49.5 Å². The molecule has 2 amide bonds. The number of halogens is 4. The first-order valence-electron chi connectivity index (χ1n) is 19.0. The minimum atomic E-state index is -0.305. The first kappa shape index (κ1) is 43.5. The van der Waals surface area contributed by atoms with Crippen molar-refractivity contribution in [1.29, 1.82) is 0 Å². The van der Waals surface area contributed by atoms with Gasteiger partial charge in [0.2, 0.25) is 0 Å². The zero-order chi connectivity index (χ0) is 42.1. The number of piperidine rings is 1. The molecule has 59 heavy (non-hydrogen) atoms. The van der Waals surface area contributed by atoms with Crippen molar-refractivity contribution in [2.45, 2.75) is 33.1 Å². The van der Waals surface area contributed by atoms with Crippen molar-refractivity contribution in [1.82, 2.24) is 9.97 Å². The predicted molar refractivity (Wildman–Crippen MR) is 241 cm³/mol. The molecule has 0 saturated carbocycles. The largest absolute Gasteiger partial charge is 0.482 e. The molecule has 4 aromatic carbocycles. The van der Waals surface area contributed by atoms with E-state index in [4.69, 9.17) is 66.0 Å². The molecule has 3 heterocycles. The number of anilines is 4. The number of aliphatic hydroxyl groups excluding tert-OH is 1. The molecule has 0 atom stereocenters. The van der Waals surface area contributed by atoms with Crippen LogP contribution in [0.4, 0.5) is 23.0 Å². The number of benzene rings is 4. The summed E-state index contributed by atoms with van der Waals surface area (Å²) in [4.78, 5) is 38.3. The maximum Gasteiger partial charge on any atom is 0.262 e. The Labute approximate surface area is 363 Å². The summed E-state index contributed by atoms with van der Waals surface area (Å²) in [5, 5.41) is 18.5. The average molecular weight is 879 g/mol. The third-order valence-corrected chi connectivity index (χ3v) is 10.6. The predicted octanol–water partition coefficient (Wildman–Crippen LogP) is 10.2. The van der Waals surface area contributed by atoms with E-state index in [-0.39, 0.29) is 31.6 Å². The molecule has 3 N–H and O–H groups in total. The standard InChI is InChI=1S/C23H23Cl2N3O2.C21H21Cl2N3O3/c1-15-11-22(28-9-3-2-4-10-28)27-20-7-6-17(13-18(15)20)26-23(29)14-30-21-8-5-16(24)12-19(21)25;1-13-9-20(26(2)7-8-27)25-18-5-4-15(11-16(13)18)24-21(28)12-29-19-6-3-14(22)10-17(19)23/h5-8,11-13H,2-4,9-10,14H2,1H3,(H,26,29);3-6,9-11,27H,7-8,12H2,1-2H3,(H,24,28). The highest BCUT2D eigenvalue weighted by atomic mass is 35.5. The van der Waals surface area contributed by atoms with Gasteiger partial charge >= 0.3 is 0 Å². The van der Waals surface area contributed by atoms with Gasteiger partial charge < -0.3 is 35.0 Å². The summed E-state index contributed by atoms with van der Waals surface area (Å²) in [6.45, 7) is 6.42. The fourth-order valence-electron chi connectivity index (χ4n) is 6.52. The molecule has 0 spiro atoms. The summed E-state index contributed by atoms with van der Waals surface area (Å²) in [5.41, 5.74) is 5.25. The Morgan fingerprint density at radius 3 is 1.71 bits per heavy atom. The molecule has 1 aliphatic heterocycles. The fourth-order valence-corrected chi connectivity index (χ4v) is 7.44. The number of aryl methyl sites for hydroxylation is 2. The summed E-state index contributed by atoms with van der Waals surface area (Å²) >= 11 is 23.8. The van der Waals surface area contributed by atoms with Crippen LogP contribution in [0.15, 0.2) is 84.9 Å². The number of amides is 2. The van der Waals surface area contributed by atoms with Crippen LogP contribution in [0.2, 0.25) is 20.1 Å². The SMILES string of the molecule is Cc1cc(N(C)CCO)nc2ccc(NC(=O)COc3ccc(Cl)cc3Cl)cc12.Cc1cc(N2CCCCC2)nc2ccc(NC(=O)COc3ccc(Cl)cc3Cl)cc12. The maximum absolute atomic E-state index is 12.3. The molecule has 1 fully saturated rings. The molecular formula is C44H44Cl4N6O5. The van der Waals surface area contributed by atoms with Gasteiger partial charge in [-0.3, -0.25) is 9.59 Å². The number of rotatable bonds is 12. The number of pyridine rings is 2. The third kappa shape index (κ3) is 11.8. The molecule has 2 aromatic heterocycles. The van der Waals surface area contributed by atoms with Gasteiger partial charge in [-0.05, 0) is 129 Å². The Hall–Kier alpha value is -5.04. The second-order valence-corrected chi connectivity index (χ2v) is 15.8. The zero-order valence-corrected chi connectivity index (χ0v) is 35.9. The minimum absolute atomic E-state index is 0.0591. The lowest BCUT2D eigenvalue weighted by molar-refractivity contribution is -0.118. The number of likely N-dealkylation sites (N-methyl/N-ethyl adjacent to an activating group) is 1. The molecule has 6 aromatic rings. The van der Waals surface area contributed by atoms with Crippen molar-refractivity contribution in [3.8, 4) is 11.5 Å². The third-order valence-electron chi connectivity index (χ3n) is 9.58. The molecule has 0 bridgehead atoms. The van der Waals surface area contributed by atoms with E-state index in [1.54, 1.807) is 42.5 Å². The molecule has 308 valence electrons. The number of ether oxygens (including phenoxy) is 2. The lowest BCUT2D eigenvalue weighted by Crippen LogP contribution is -2.30. The van der Waals surface area contributed by atoms with E-state index in [9.17, 15) is 9.59 Å². The first-order valence-corrected chi connectivity index (χ1v) is 20.5. The number of aromatic nitrogens is 2. The quantitative estimate of drug-likeness (QED) is 0.110. The molecule has 11 nitrogen and oxygen atoms in total. The van der Waals surface area contributed by atoms with Crippen LogP contribution < -0.4 is 29.9 Å². The lowest BCUT2D eigenvalue weighted by atomic mass is 10.1. The number of carbonyl (C=O) groups excluding carboxylic acids is 2. The number of carbonyl (C=O) groups is 2. The van der Waals surface area contributed by atoms with Gasteiger partial charge in [0.05, 0.1) is 27.7 Å². The number of fused-ring (bicyclic) bond motifs is 2. The molecule has 1 saturated heterocycles. The highest BCUT2D eigenvalue weighted by molar-refractivity contribution is 6.36. The van der Waals surface area contributed by atoms with E-state index in [1.165, 1.54) is 19.3 Å². The van der Waals surface area contributed by atoms with Crippen molar-refractivity contribution < 1.29 is 24.2 Å². The minimum Gasteiger partial charge on any atom is -0.482 e. The summed E-state index contributed by atoms with van der Waals surface area (Å²) in [5.74, 6) is 2.05.